The summed E-state index contributed by atoms with van der Waals surface area (Å²) < 4.78 is 51.8. The fourth-order valence-corrected chi connectivity index (χ4v) is 5.51. The highest BCUT2D eigenvalue weighted by molar-refractivity contribution is 7.90. The van der Waals surface area contributed by atoms with Gasteiger partial charge in [0.15, 0.2) is 16.4 Å². The molecule has 8 nitrogen and oxygen atoms in total. The highest BCUT2D eigenvalue weighted by Crippen LogP contribution is 2.37. The molecule has 194 valence electrons. The van der Waals surface area contributed by atoms with E-state index in [0.29, 0.717) is 17.7 Å². The van der Waals surface area contributed by atoms with Crippen LogP contribution in [0.15, 0.2) is 64.3 Å². The molecular formula is C27H28FN3O5S. The number of rotatable bonds is 12. The van der Waals surface area contributed by atoms with Gasteiger partial charge < -0.3 is 19.8 Å². The Morgan fingerprint density at radius 1 is 1.22 bits per heavy atom. The van der Waals surface area contributed by atoms with Crippen LogP contribution < -0.4 is 10.5 Å². The molecule has 0 bridgehead atoms. The Morgan fingerprint density at radius 2 is 1.97 bits per heavy atom. The molecule has 0 radical (unpaired) electrons. The Bertz CT molecular complexity index is 1420. The lowest BCUT2D eigenvalue weighted by atomic mass is 9.99. The fourth-order valence-electron chi connectivity index (χ4n) is 3.94. The van der Waals surface area contributed by atoms with Crippen LogP contribution >= 0.6 is 0 Å². The second kappa shape index (κ2) is 12.3. The normalized spacial score (nSPS) is 11.6. The standard InChI is InChI=1S/C27H28FN3O5S/c1-3-31(4-2)13-5-6-19-16-22(28)8-10-24(19)37(33,34)18-21-7-9-23(20-11-14-35-17-20)26(36-15-12-29)25(21)27(30)32/h5-11,14,16-17H,3-4,13,15,18H2,1-2H3,(H2,30,32)/b6-5-. The average Bonchev–Trinajstić information content (AvgIpc) is 3.39. The van der Waals surface area contributed by atoms with Gasteiger partial charge in [-0.25, -0.2) is 12.8 Å². The van der Waals surface area contributed by atoms with Crippen LogP contribution in [-0.2, 0) is 15.6 Å². The SMILES string of the molecule is CCN(CC)C/C=C\c1cc(F)ccc1S(=O)(=O)Cc1ccc(-c2ccoc2)c(OCC#N)c1C(N)=O. The first-order valence-electron chi connectivity index (χ1n) is 11.6. The molecule has 3 rings (SSSR count). The lowest BCUT2D eigenvalue weighted by Gasteiger charge is -2.17. The minimum atomic E-state index is -4.06. The molecule has 1 aromatic heterocycles. The van der Waals surface area contributed by atoms with Gasteiger partial charge in [-0.2, -0.15) is 5.26 Å². The molecule has 1 heterocycles. The van der Waals surface area contributed by atoms with Crippen LogP contribution in [0.3, 0.4) is 0 Å². The van der Waals surface area contributed by atoms with Crippen molar-refractivity contribution in [1.82, 2.24) is 4.90 Å². The van der Waals surface area contributed by atoms with E-state index in [-0.39, 0.29) is 33.9 Å². The molecule has 37 heavy (non-hydrogen) atoms. The summed E-state index contributed by atoms with van der Waals surface area (Å²) in [5, 5.41) is 9.03. The van der Waals surface area contributed by atoms with Crippen molar-refractivity contribution in [2.75, 3.05) is 26.2 Å². The summed E-state index contributed by atoms with van der Waals surface area (Å²) in [4.78, 5) is 14.5. The van der Waals surface area contributed by atoms with Crippen molar-refractivity contribution < 1.29 is 26.8 Å². The van der Waals surface area contributed by atoms with Crippen molar-refractivity contribution in [3.8, 4) is 22.9 Å². The first-order valence-corrected chi connectivity index (χ1v) is 13.3. The third-order valence-corrected chi connectivity index (χ3v) is 7.54. The van der Waals surface area contributed by atoms with Crippen LogP contribution in [0, 0.1) is 17.1 Å². The molecule has 0 aliphatic rings. The Balaban J connectivity index is 2.07. The zero-order valence-electron chi connectivity index (χ0n) is 20.6. The first-order chi connectivity index (χ1) is 17.7. The van der Waals surface area contributed by atoms with Gasteiger partial charge in [-0.3, -0.25) is 4.79 Å². The maximum atomic E-state index is 14.0. The van der Waals surface area contributed by atoms with Gasteiger partial charge in [-0.15, -0.1) is 0 Å². The Labute approximate surface area is 215 Å². The van der Waals surface area contributed by atoms with Crippen molar-refractivity contribution in [2.45, 2.75) is 24.5 Å². The molecule has 0 aliphatic heterocycles. The monoisotopic (exact) mass is 525 g/mol. The zero-order valence-corrected chi connectivity index (χ0v) is 21.4. The van der Waals surface area contributed by atoms with Gasteiger partial charge >= 0.3 is 0 Å². The minimum absolute atomic E-state index is 0.0124. The number of hydrogen-bond donors (Lipinski definition) is 1. The Morgan fingerprint density at radius 3 is 2.59 bits per heavy atom. The summed E-state index contributed by atoms with van der Waals surface area (Å²) in [6.07, 6.45) is 6.20. The molecular weight excluding hydrogens is 497 g/mol. The number of likely N-dealkylation sites (N-methyl/N-ethyl adjacent to an activating group) is 1. The average molecular weight is 526 g/mol. The number of primary amides is 1. The minimum Gasteiger partial charge on any atom is -0.477 e. The number of hydrogen-bond acceptors (Lipinski definition) is 7. The van der Waals surface area contributed by atoms with Crippen molar-refractivity contribution in [3.63, 3.8) is 0 Å². The van der Waals surface area contributed by atoms with Gasteiger partial charge in [0.05, 0.1) is 28.7 Å². The van der Waals surface area contributed by atoms with Crippen molar-refractivity contribution in [2.24, 2.45) is 5.73 Å². The van der Waals surface area contributed by atoms with E-state index < -0.39 is 27.3 Å². The van der Waals surface area contributed by atoms with Crippen LogP contribution in [0.2, 0.25) is 0 Å². The molecule has 0 aliphatic carbocycles. The van der Waals surface area contributed by atoms with Gasteiger partial charge in [0, 0.05) is 17.7 Å². The van der Waals surface area contributed by atoms with E-state index in [2.05, 4.69) is 4.90 Å². The quantitative estimate of drug-likeness (QED) is 0.347. The molecule has 0 spiro atoms. The van der Waals surface area contributed by atoms with Crippen LogP contribution in [0.5, 0.6) is 5.75 Å². The van der Waals surface area contributed by atoms with Crippen LogP contribution in [0.25, 0.3) is 17.2 Å². The van der Waals surface area contributed by atoms with Crippen LogP contribution in [0.4, 0.5) is 4.39 Å². The summed E-state index contributed by atoms with van der Waals surface area (Å²) >= 11 is 0. The van der Waals surface area contributed by atoms with E-state index >= 15 is 0 Å². The largest absolute Gasteiger partial charge is 0.477 e. The molecule has 0 fully saturated rings. The van der Waals surface area contributed by atoms with E-state index in [1.165, 1.54) is 24.7 Å². The number of furan rings is 1. The topological polar surface area (TPSA) is 127 Å². The summed E-state index contributed by atoms with van der Waals surface area (Å²) in [5.41, 5.74) is 6.76. The third kappa shape index (κ3) is 6.64. The van der Waals surface area contributed by atoms with Gasteiger partial charge in [-0.1, -0.05) is 38.1 Å². The van der Waals surface area contributed by atoms with E-state index in [4.69, 9.17) is 20.1 Å². The molecule has 0 atom stereocenters. The lowest BCUT2D eigenvalue weighted by Crippen LogP contribution is -2.22. The number of sulfone groups is 1. The van der Waals surface area contributed by atoms with Gasteiger partial charge in [0.25, 0.3) is 5.91 Å². The number of carbonyl (C=O) groups is 1. The van der Waals surface area contributed by atoms with E-state index in [0.717, 1.165) is 25.2 Å². The Hall–Kier alpha value is -3.94. The maximum absolute atomic E-state index is 14.0. The molecule has 2 aromatic carbocycles. The molecule has 0 saturated heterocycles. The second-order valence-corrected chi connectivity index (χ2v) is 10.1. The number of carbonyl (C=O) groups excluding carboxylic acids is 1. The van der Waals surface area contributed by atoms with Crippen molar-refractivity contribution in [1.29, 1.82) is 5.26 Å². The molecule has 0 saturated carbocycles. The predicted octanol–water partition coefficient (Wildman–Crippen LogP) is 4.42. The van der Waals surface area contributed by atoms with Crippen molar-refractivity contribution >= 4 is 21.8 Å². The predicted molar refractivity (Wildman–Crippen MR) is 138 cm³/mol. The van der Waals surface area contributed by atoms with Crippen molar-refractivity contribution in [3.05, 3.63) is 77.5 Å². The number of nitriles is 1. The summed E-state index contributed by atoms with van der Waals surface area (Å²) in [7, 11) is -4.06. The highest BCUT2D eigenvalue weighted by atomic mass is 32.2. The molecule has 10 heteroatoms. The third-order valence-electron chi connectivity index (χ3n) is 5.81. The van der Waals surface area contributed by atoms with Crippen LogP contribution in [0.1, 0.15) is 35.3 Å². The molecule has 0 unspecified atom stereocenters. The maximum Gasteiger partial charge on any atom is 0.252 e. The highest BCUT2D eigenvalue weighted by Gasteiger charge is 2.26. The van der Waals surface area contributed by atoms with Gasteiger partial charge in [-0.05, 0) is 48.5 Å². The number of ether oxygens (including phenoxy) is 1. The van der Waals surface area contributed by atoms with E-state index in [9.17, 15) is 17.6 Å². The zero-order chi connectivity index (χ0) is 27.0. The Kier molecular flexibility index (Phi) is 9.22. The summed E-state index contributed by atoms with van der Waals surface area (Å²) in [5.74, 6) is -2.10. The van der Waals surface area contributed by atoms with Gasteiger partial charge in [0.2, 0.25) is 0 Å². The first kappa shape index (κ1) is 27.6. The molecule has 1 amide bonds. The van der Waals surface area contributed by atoms with Gasteiger partial charge in [0.1, 0.15) is 17.6 Å². The second-order valence-electron chi connectivity index (χ2n) is 8.13. The smallest absolute Gasteiger partial charge is 0.252 e. The number of halogens is 1. The summed E-state index contributed by atoms with van der Waals surface area (Å²) in [6.45, 7) is 5.84. The lowest BCUT2D eigenvalue weighted by molar-refractivity contribution is 0.0996. The number of nitrogens with zero attached hydrogens (tertiary/aromatic N) is 2. The number of amides is 1. The number of nitrogens with two attached hydrogens (primary N) is 1. The van der Waals surface area contributed by atoms with E-state index in [1.807, 2.05) is 19.9 Å². The molecule has 3 aromatic rings. The number of benzene rings is 2. The van der Waals surface area contributed by atoms with E-state index in [1.54, 1.807) is 24.3 Å². The fraction of sp³-hybridized carbons (Fsp3) is 0.259. The summed E-state index contributed by atoms with van der Waals surface area (Å²) in [6, 6.07) is 9.95. The molecule has 2 N–H and O–H groups in total. The van der Waals surface area contributed by atoms with Crippen LogP contribution in [-0.4, -0.2) is 45.5 Å².